The quantitative estimate of drug-likeness (QED) is 0.669. The first-order valence-electron chi connectivity index (χ1n) is 3.61. The lowest BCUT2D eigenvalue weighted by Gasteiger charge is -2.12. The third-order valence-corrected chi connectivity index (χ3v) is 1.61. The van der Waals surface area contributed by atoms with Crippen LogP contribution in [0.4, 0.5) is 0 Å². The van der Waals surface area contributed by atoms with Crippen LogP contribution in [0.5, 0.6) is 0 Å². The molecule has 0 aromatic carbocycles. The maximum Gasteiger partial charge on any atom is 0.124 e. The number of hydrogen-bond acceptors (Lipinski definition) is 2. The molecule has 1 N–H and O–H groups in total. The number of furan rings is 1. The van der Waals surface area contributed by atoms with Gasteiger partial charge in [-0.05, 0) is 26.1 Å². The number of hydrogen-bond donors (Lipinski definition) is 1. The van der Waals surface area contributed by atoms with Crippen LogP contribution in [0, 0.1) is 0 Å². The number of nitrogens with one attached hydrogen (secondary N) is 1. The van der Waals surface area contributed by atoms with Gasteiger partial charge in [0.1, 0.15) is 5.76 Å². The predicted octanol–water partition coefficient (Wildman–Crippen LogP) is 2.12. The Morgan fingerprint density at radius 3 is 2.82 bits per heavy atom. The van der Waals surface area contributed by atoms with Crippen molar-refractivity contribution in [3.63, 3.8) is 0 Å². The summed E-state index contributed by atoms with van der Waals surface area (Å²) in [5.41, 5.74) is 1.06. The van der Waals surface area contributed by atoms with Crippen LogP contribution >= 0.6 is 0 Å². The molecule has 0 aliphatic heterocycles. The topological polar surface area (TPSA) is 25.2 Å². The van der Waals surface area contributed by atoms with Crippen molar-refractivity contribution in [2.45, 2.75) is 13.0 Å². The molecule has 2 heteroatoms. The molecule has 1 rings (SSSR count). The normalized spacial score (nSPS) is 12.9. The maximum atomic E-state index is 5.22. The molecule has 0 fully saturated rings. The third-order valence-electron chi connectivity index (χ3n) is 1.61. The van der Waals surface area contributed by atoms with E-state index in [0.717, 1.165) is 11.3 Å². The zero-order chi connectivity index (χ0) is 8.27. The maximum absolute atomic E-state index is 5.22. The van der Waals surface area contributed by atoms with Crippen LogP contribution in [0.15, 0.2) is 35.0 Å². The molecular formula is C9H13NO. The van der Waals surface area contributed by atoms with Crippen LogP contribution in [0.2, 0.25) is 0 Å². The highest BCUT2D eigenvalue weighted by atomic mass is 16.3. The van der Waals surface area contributed by atoms with Crippen molar-refractivity contribution in [2.75, 3.05) is 7.05 Å². The van der Waals surface area contributed by atoms with Gasteiger partial charge in [-0.1, -0.05) is 12.2 Å². The van der Waals surface area contributed by atoms with Crippen LogP contribution in [0.1, 0.15) is 18.7 Å². The summed E-state index contributed by atoms with van der Waals surface area (Å²) >= 11 is 0. The second-order valence-electron chi connectivity index (χ2n) is 2.58. The minimum Gasteiger partial charge on any atom is -0.467 e. The summed E-state index contributed by atoms with van der Waals surface area (Å²) in [5.74, 6) is 0.917. The Hall–Kier alpha value is -1.02. The van der Waals surface area contributed by atoms with E-state index in [1.54, 1.807) is 6.26 Å². The summed E-state index contributed by atoms with van der Waals surface area (Å²) < 4.78 is 5.22. The first-order valence-corrected chi connectivity index (χ1v) is 3.61. The first kappa shape index (κ1) is 8.08. The second-order valence-corrected chi connectivity index (χ2v) is 2.58. The number of likely N-dealkylation sites (N-methyl/N-ethyl adjacent to an activating group) is 1. The first-order chi connectivity index (χ1) is 5.25. The van der Waals surface area contributed by atoms with Gasteiger partial charge in [-0.3, -0.25) is 0 Å². The molecule has 1 unspecified atom stereocenters. The van der Waals surface area contributed by atoms with Gasteiger partial charge in [-0.2, -0.15) is 0 Å². The lowest BCUT2D eigenvalue weighted by Crippen LogP contribution is -2.16. The van der Waals surface area contributed by atoms with E-state index in [-0.39, 0.29) is 6.04 Å². The molecule has 0 spiro atoms. The van der Waals surface area contributed by atoms with Crippen molar-refractivity contribution >= 4 is 0 Å². The van der Waals surface area contributed by atoms with Crippen molar-refractivity contribution in [2.24, 2.45) is 0 Å². The van der Waals surface area contributed by atoms with Crippen molar-refractivity contribution in [1.29, 1.82) is 0 Å². The lowest BCUT2D eigenvalue weighted by molar-refractivity contribution is 0.460. The van der Waals surface area contributed by atoms with E-state index in [0.29, 0.717) is 0 Å². The van der Waals surface area contributed by atoms with E-state index in [1.807, 2.05) is 26.1 Å². The largest absolute Gasteiger partial charge is 0.467 e. The molecule has 0 saturated heterocycles. The van der Waals surface area contributed by atoms with Crippen molar-refractivity contribution in [3.05, 3.63) is 36.3 Å². The standard InChI is InChI=1S/C9H13NO/c1-7(2)9(10-3)8-5-4-6-11-8/h4-6,9-10H,1H2,2-3H3. The van der Waals surface area contributed by atoms with Gasteiger partial charge in [0, 0.05) is 0 Å². The van der Waals surface area contributed by atoms with E-state index in [9.17, 15) is 0 Å². The van der Waals surface area contributed by atoms with E-state index >= 15 is 0 Å². The minimum absolute atomic E-state index is 0.144. The van der Waals surface area contributed by atoms with Crippen LogP contribution in [-0.4, -0.2) is 7.05 Å². The molecule has 60 valence electrons. The summed E-state index contributed by atoms with van der Waals surface area (Å²) in [6, 6.07) is 3.96. The molecule has 0 saturated carbocycles. The Morgan fingerprint density at radius 1 is 1.73 bits per heavy atom. The van der Waals surface area contributed by atoms with Gasteiger partial charge >= 0.3 is 0 Å². The Kier molecular flexibility index (Phi) is 2.49. The van der Waals surface area contributed by atoms with E-state index in [4.69, 9.17) is 4.42 Å². The van der Waals surface area contributed by atoms with Crippen LogP contribution < -0.4 is 5.32 Å². The molecule has 2 nitrogen and oxygen atoms in total. The van der Waals surface area contributed by atoms with Crippen molar-refractivity contribution in [3.8, 4) is 0 Å². The van der Waals surface area contributed by atoms with Crippen LogP contribution in [0.25, 0.3) is 0 Å². The van der Waals surface area contributed by atoms with Crippen molar-refractivity contribution in [1.82, 2.24) is 5.32 Å². The fraction of sp³-hybridized carbons (Fsp3) is 0.333. The molecule has 0 bridgehead atoms. The number of rotatable bonds is 3. The zero-order valence-corrected chi connectivity index (χ0v) is 6.92. The lowest BCUT2D eigenvalue weighted by atomic mass is 10.1. The van der Waals surface area contributed by atoms with Crippen molar-refractivity contribution < 1.29 is 4.42 Å². The predicted molar refractivity (Wildman–Crippen MR) is 45.3 cm³/mol. The summed E-state index contributed by atoms with van der Waals surface area (Å²) in [5, 5.41) is 3.11. The molecule has 0 aliphatic carbocycles. The highest BCUT2D eigenvalue weighted by molar-refractivity contribution is 5.15. The molecule has 0 radical (unpaired) electrons. The fourth-order valence-electron chi connectivity index (χ4n) is 1.09. The van der Waals surface area contributed by atoms with Gasteiger partial charge in [0.05, 0.1) is 12.3 Å². The average Bonchev–Trinajstić information content (AvgIpc) is 2.40. The molecule has 0 aliphatic rings. The molecule has 1 aromatic heterocycles. The van der Waals surface area contributed by atoms with E-state index in [1.165, 1.54) is 0 Å². The highest BCUT2D eigenvalue weighted by Gasteiger charge is 2.11. The molecule has 1 atom stereocenters. The van der Waals surface area contributed by atoms with Crippen LogP contribution in [0.3, 0.4) is 0 Å². The Bertz CT molecular complexity index is 226. The monoisotopic (exact) mass is 151 g/mol. The third kappa shape index (κ3) is 1.71. The van der Waals surface area contributed by atoms with Gasteiger partial charge in [-0.25, -0.2) is 0 Å². The minimum atomic E-state index is 0.144. The van der Waals surface area contributed by atoms with E-state index in [2.05, 4.69) is 11.9 Å². The van der Waals surface area contributed by atoms with Gasteiger partial charge in [-0.15, -0.1) is 0 Å². The van der Waals surface area contributed by atoms with Gasteiger partial charge in [0.25, 0.3) is 0 Å². The summed E-state index contributed by atoms with van der Waals surface area (Å²) in [7, 11) is 1.89. The Labute approximate surface area is 66.9 Å². The molecule has 1 heterocycles. The SMILES string of the molecule is C=C(C)C(NC)c1ccco1. The summed E-state index contributed by atoms with van der Waals surface area (Å²) in [4.78, 5) is 0. The highest BCUT2D eigenvalue weighted by Crippen LogP contribution is 2.19. The molecular weight excluding hydrogens is 138 g/mol. The van der Waals surface area contributed by atoms with Gasteiger partial charge < -0.3 is 9.73 Å². The Balaban J connectivity index is 2.79. The van der Waals surface area contributed by atoms with Crippen LogP contribution in [-0.2, 0) is 0 Å². The smallest absolute Gasteiger partial charge is 0.124 e. The fourth-order valence-corrected chi connectivity index (χ4v) is 1.09. The van der Waals surface area contributed by atoms with Gasteiger partial charge in [0.2, 0.25) is 0 Å². The zero-order valence-electron chi connectivity index (χ0n) is 6.92. The van der Waals surface area contributed by atoms with Gasteiger partial charge in [0.15, 0.2) is 0 Å². The Morgan fingerprint density at radius 2 is 2.45 bits per heavy atom. The second kappa shape index (κ2) is 3.39. The molecule has 1 aromatic rings. The average molecular weight is 151 g/mol. The molecule has 11 heavy (non-hydrogen) atoms. The summed E-state index contributed by atoms with van der Waals surface area (Å²) in [6.45, 7) is 5.84. The van der Waals surface area contributed by atoms with E-state index < -0.39 is 0 Å². The molecule has 0 amide bonds. The summed E-state index contributed by atoms with van der Waals surface area (Å²) in [6.07, 6.45) is 1.67.